The number of nitriles is 1. The molecule has 2 aromatic rings. The topological polar surface area (TPSA) is 80.1 Å². The lowest BCUT2D eigenvalue weighted by Gasteiger charge is -2.09. The lowest BCUT2D eigenvalue weighted by atomic mass is 10.2. The second kappa shape index (κ2) is 6.63. The Hall–Kier alpha value is -2.72. The molecular formula is C14H13FN4O2. The maximum atomic E-state index is 13.5. The smallest absolute Gasteiger partial charge is 0.224 e. The van der Waals surface area contributed by atoms with Crippen LogP contribution in [0, 0.1) is 17.1 Å². The molecule has 0 aliphatic heterocycles. The molecule has 0 aliphatic rings. The standard InChI is InChI=1S/C14H13FN4O2/c1-17-12-6-14(19-13(18-12)8-20-2)21-10-4-3-9(7-16)11(15)5-10/h3-6H,8H2,1-2H3,(H,17,18,19). The van der Waals surface area contributed by atoms with Crippen molar-refractivity contribution in [3.05, 3.63) is 41.5 Å². The third kappa shape index (κ3) is 3.64. The number of nitrogens with one attached hydrogen (secondary N) is 1. The number of benzene rings is 1. The number of halogens is 1. The second-order valence-electron chi connectivity index (χ2n) is 4.05. The van der Waals surface area contributed by atoms with Crippen LogP contribution < -0.4 is 10.1 Å². The molecule has 108 valence electrons. The van der Waals surface area contributed by atoms with Gasteiger partial charge in [0, 0.05) is 26.3 Å². The van der Waals surface area contributed by atoms with Gasteiger partial charge in [0.15, 0.2) is 5.82 Å². The van der Waals surface area contributed by atoms with Crippen LogP contribution in [-0.2, 0) is 11.3 Å². The second-order valence-corrected chi connectivity index (χ2v) is 4.05. The molecule has 2 rings (SSSR count). The van der Waals surface area contributed by atoms with Crippen molar-refractivity contribution in [3.8, 4) is 17.7 Å². The van der Waals surface area contributed by atoms with Gasteiger partial charge in [-0.1, -0.05) is 0 Å². The Balaban J connectivity index is 2.28. The van der Waals surface area contributed by atoms with Gasteiger partial charge in [0.1, 0.15) is 30.1 Å². The quantitative estimate of drug-likeness (QED) is 0.910. The van der Waals surface area contributed by atoms with E-state index >= 15 is 0 Å². The van der Waals surface area contributed by atoms with Crippen LogP contribution in [0.3, 0.4) is 0 Å². The van der Waals surface area contributed by atoms with E-state index in [4.69, 9.17) is 14.7 Å². The van der Waals surface area contributed by atoms with Gasteiger partial charge in [-0.15, -0.1) is 0 Å². The van der Waals surface area contributed by atoms with Gasteiger partial charge in [0.05, 0.1) is 5.56 Å². The number of methoxy groups -OCH3 is 1. The molecule has 0 spiro atoms. The van der Waals surface area contributed by atoms with E-state index in [0.29, 0.717) is 11.6 Å². The lowest BCUT2D eigenvalue weighted by molar-refractivity contribution is 0.177. The summed E-state index contributed by atoms with van der Waals surface area (Å²) in [4.78, 5) is 8.34. The Labute approximate surface area is 121 Å². The summed E-state index contributed by atoms with van der Waals surface area (Å²) in [6.07, 6.45) is 0. The normalized spacial score (nSPS) is 10.0. The van der Waals surface area contributed by atoms with Crippen molar-refractivity contribution in [2.75, 3.05) is 19.5 Å². The fourth-order valence-electron chi connectivity index (χ4n) is 1.62. The summed E-state index contributed by atoms with van der Waals surface area (Å²) in [6, 6.07) is 7.31. The first-order chi connectivity index (χ1) is 10.2. The van der Waals surface area contributed by atoms with E-state index in [1.54, 1.807) is 19.2 Å². The highest BCUT2D eigenvalue weighted by molar-refractivity contribution is 5.41. The number of anilines is 1. The molecule has 0 aliphatic carbocycles. The SMILES string of the molecule is CNc1cc(Oc2ccc(C#N)c(F)c2)nc(COC)n1. The number of hydrogen-bond donors (Lipinski definition) is 1. The van der Waals surface area contributed by atoms with Gasteiger partial charge in [0.2, 0.25) is 5.88 Å². The van der Waals surface area contributed by atoms with Crippen molar-refractivity contribution in [1.29, 1.82) is 5.26 Å². The predicted octanol–water partition coefficient (Wildman–Crippen LogP) is 2.47. The summed E-state index contributed by atoms with van der Waals surface area (Å²) in [7, 11) is 3.25. The minimum atomic E-state index is -0.644. The van der Waals surface area contributed by atoms with Crippen molar-refractivity contribution in [2.45, 2.75) is 6.61 Å². The van der Waals surface area contributed by atoms with E-state index in [1.807, 2.05) is 0 Å². The zero-order valence-electron chi connectivity index (χ0n) is 11.6. The van der Waals surface area contributed by atoms with Crippen LogP contribution in [0.25, 0.3) is 0 Å². The van der Waals surface area contributed by atoms with Crippen molar-refractivity contribution in [3.63, 3.8) is 0 Å². The maximum Gasteiger partial charge on any atom is 0.224 e. The summed E-state index contributed by atoms with van der Waals surface area (Å²) < 4.78 is 24.0. The number of ether oxygens (including phenoxy) is 2. The molecule has 0 saturated heterocycles. The first-order valence-corrected chi connectivity index (χ1v) is 6.08. The Morgan fingerprint density at radius 1 is 1.33 bits per heavy atom. The zero-order valence-corrected chi connectivity index (χ0v) is 11.6. The molecule has 0 saturated carbocycles. The van der Waals surface area contributed by atoms with Gasteiger partial charge in [-0.05, 0) is 12.1 Å². The van der Waals surface area contributed by atoms with E-state index in [1.165, 1.54) is 19.2 Å². The molecule has 0 fully saturated rings. The van der Waals surface area contributed by atoms with E-state index in [0.717, 1.165) is 6.07 Å². The first kappa shape index (κ1) is 14.7. The molecule has 21 heavy (non-hydrogen) atoms. The van der Waals surface area contributed by atoms with E-state index < -0.39 is 5.82 Å². The first-order valence-electron chi connectivity index (χ1n) is 6.08. The van der Waals surface area contributed by atoms with Crippen LogP contribution in [0.5, 0.6) is 11.6 Å². The molecule has 0 bridgehead atoms. The highest BCUT2D eigenvalue weighted by Gasteiger charge is 2.08. The molecule has 6 nitrogen and oxygen atoms in total. The highest BCUT2D eigenvalue weighted by Crippen LogP contribution is 2.23. The van der Waals surface area contributed by atoms with Gasteiger partial charge in [0.25, 0.3) is 0 Å². The average molecular weight is 288 g/mol. The molecule has 1 aromatic heterocycles. The number of rotatable bonds is 5. The van der Waals surface area contributed by atoms with E-state index in [2.05, 4.69) is 15.3 Å². The summed E-state index contributed by atoms with van der Waals surface area (Å²) in [5.41, 5.74) is -0.0407. The maximum absolute atomic E-state index is 13.5. The minimum absolute atomic E-state index is 0.0407. The summed E-state index contributed by atoms with van der Waals surface area (Å²) in [5.74, 6) is 0.853. The van der Waals surface area contributed by atoms with Crippen LogP contribution in [0.2, 0.25) is 0 Å². The van der Waals surface area contributed by atoms with Gasteiger partial charge in [-0.3, -0.25) is 0 Å². The minimum Gasteiger partial charge on any atom is -0.439 e. The van der Waals surface area contributed by atoms with Crippen LogP contribution in [0.15, 0.2) is 24.3 Å². The fraction of sp³-hybridized carbons (Fsp3) is 0.214. The predicted molar refractivity (Wildman–Crippen MR) is 73.5 cm³/mol. The largest absolute Gasteiger partial charge is 0.439 e. The number of hydrogen-bond acceptors (Lipinski definition) is 6. The summed E-state index contributed by atoms with van der Waals surface area (Å²) in [6.45, 7) is 0.230. The van der Waals surface area contributed by atoms with Crippen molar-refractivity contribution >= 4 is 5.82 Å². The number of nitrogens with zero attached hydrogens (tertiary/aromatic N) is 3. The van der Waals surface area contributed by atoms with Crippen molar-refractivity contribution in [1.82, 2.24) is 9.97 Å². The lowest BCUT2D eigenvalue weighted by Crippen LogP contribution is -2.03. The molecule has 1 heterocycles. The van der Waals surface area contributed by atoms with Gasteiger partial charge >= 0.3 is 0 Å². The monoisotopic (exact) mass is 288 g/mol. The van der Waals surface area contributed by atoms with Gasteiger partial charge in [-0.2, -0.15) is 10.2 Å². The molecule has 1 N–H and O–H groups in total. The van der Waals surface area contributed by atoms with Crippen LogP contribution >= 0.6 is 0 Å². The Morgan fingerprint density at radius 3 is 2.76 bits per heavy atom. The van der Waals surface area contributed by atoms with Gasteiger partial charge in [-0.25, -0.2) is 9.37 Å². The molecule has 0 atom stereocenters. The molecular weight excluding hydrogens is 275 g/mol. The van der Waals surface area contributed by atoms with Gasteiger partial charge < -0.3 is 14.8 Å². The van der Waals surface area contributed by atoms with E-state index in [-0.39, 0.29) is 23.8 Å². The number of aromatic nitrogens is 2. The zero-order chi connectivity index (χ0) is 15.2. The van der Waals surface area contributed by atoms with Crippen molar-refractivity contribution in [2.24, 2.45) is 0 Å². The van der Waals surface area contributed by atoms with Crippen LogP contribution in [0.4, 0.5) is 10.2 Å². The summed E-state index contributed by atoms with van der Waals surface area (Å²) in [5, 5.41) is 11.6. The molecule has 1 aromatic carbocycles. The fourth-order valence-corrected chi connectivity index (χ4v) is 1.62. The molecule has 7 heteroatoms. The van der Waals surface area contributed by atoms with Crippen LogP contribution in [0.1, 0.15) is 11.4 Å². The molecule has 0 radical (unpaired) electrons. The average Bonchev–Trinajstić information content (AvgIpc) is 2.47. The molecule has 0 unspecified atom stereocenters. The third-order valence-corrected chi connectivity index (χ3v) is 2.56. The van der Waals surface area contributed by atoms with Crippen LogP contribution in [-0.4, -0.2) is 24.1 Å². The summed E-state index contributed by atoms with van der Waals surface area (Å²) >= 11 is 0. The Bertz CT molecular complexity index is 685. The van der Waals surface area contributed by atoms with E-state index in [9.17, 15) is 4.39 Å². The Kier molecular flexibility index (Phi) is 4.64. The van der Waals surface area contributed by atoms with Crippen molar-refractivity contribution < 1.29 is 13.9 Å². The molecule has 0 amide bonds. The third-order valence-electron chi connectivity index (χ3n) is 2.56. The highest BCUT2D eigenvalue weighted by atomic mass is 19.1. The Morgan fingerprint density at radius 2 is 2.14 bits per heavy atom.